The van der Waals surface area contributed by atoms with Crippen LogP contribution in [0.15, 0.2) is 0 Å². The number of unbranched alkanes of at least 4 members (excludes halogenated alkanes) is 11. The molecular formula is C17H37NO. The molecule has 0 aromatic carbocycles. The zero-order valence-corrected chi connectivity index (χ0v) is 13.5. The molecule has 1 unspecified atom stereocenters. The zero-order valence-electron chi connectivity index (χ0n) is 13.5. The van der Waals surface area contributed by atoms with E-state index in [1.54, 1.807) is 0 Å². The molecule has 0 saturated heterocycles. The van der Waals surface area contributed by atoms with Crippen LogP contribution in [-0.2, 0) is 4.74 Å². The van der Waals surface area contributed by atoms with Crippen molar-refractivity contribution in [3.63, 3.8) is 0 Å². The Morgan fingerprint density at radius 2 is 1.11 bits per heavy atom. The Balaban J connectivity index is 2.95. The minimum atomic E-state index is -0.0484. The molecule has 0 aliphatic carbocycles. The Labute approximate surface area is 121 Å². The van der Waals surface area contributed by atoms with E-state index in [-0.39, 0.29) is 6.23 Å². The van der Waals surface area contributed by atoms with Gasteiger partial charge in [0.2, 0.25) is 0 Å². The molecule has 0 fully saturated rings. The summed E-state index contributed by atoms with van der Waals surface area (Å²) in [6.45, 7) is 5.18. The van der Waals surface area contributed by atoms with Gasteiger partial charge in [0.25, 0.3) is 0 Å². The van der Waals surface area contributed by atoms with Crippen LogP contribution in [0, 0.1) is 0 Å². The van der Waals surface area contributed by atoms with Gasteiger partial charge in [-0.3, -0.25) is 0 Å². The first-order chi connectivity index (χ1) is 9.31. The quantitative estimate of drug-likeness (QED) is 0.320. The van der Waals surface area contributed by atoms with Gasteiger partial charge < -0.3 is 10.5 Å². The summed E-state index contributed by atoms with van der Waals surface area (Å²) < 4.78 is 5.46. The van der Waals surface area contributed by atoms with E-state index in [1.807, 2.05) is 0 Å². The van der Waals surface area contributed by atoms with E-state index in [1.165, 1.54) is 77.0 Å². The van der Waals surface area contributed by atoms with Crippen molar-refractivity contribution in [1.29, 1.82) is 0 Å². The number of rotatable bonds is 15. The fraction of sp³-hybridized carbons (Fsp3) is 1.00. The largest absolute Gasteiger partial charge is 0.364 e. The molecule has 0 aromatic heterocycles. The van der Waals surface area contributed by atoms with Crippen molar-refractivity contribution in [3.05, 3.63) is 0 Å². The van der Waals surface area contributed by atoms with Gasteiger partial charge in [0.05, 0.1) is 0 Å². The standard InChI is InChI=1S/C17H37NO/c1-3-5-6-7-8-9-10-11-12-13-14-15-16-19-17(18)4-2/h17H,3-16,18H2,1-2H3. The summed E-state index contributed by atoms with van der Waals surface area (Å²) in [4.78, 5) is 0. The molecule has 0 aliphatic heterocycles. The normalized spacial score (nSPS) is 12.8. The Morgan fingerprint density at radius 1 is 0.684 bits per heavy atom. The summed E-state index contributed by atoms with van der Waals surface area (Å²) in [7, 11) is 0. The number of hydrogen-bond donors (Lipinski definition) is 1. The molecule has 0 spiro atoms. The van der Waals surface area contributed by atoms with Crippen LogP contribution in [-0.4, -0.2) is 12.8 Å². The van der Waals surface area contributed by atoms with E-state index >= 15 is 0 Å². The molecule has 0 rings (SSSR count). The zero-order chi connectivity index (χ0) is 14.2. The third-order valence-electron chi connectivity index (χ3n) is 3.73. The Hall–Kier alpha value is -0.0800. The van der Waals surface area contributed by atoms with Crippen molar-refractivity contribution in [2.45, 2.75) is 104 Å². The maximum atomic E-state index is 5.69. The van der Waals surface area contributed by atoms with Gasteiger partial charge in [-0.05, 0) is 12.8 Å². The van der Waals surface area contributed by atoms with E-state index in [2.05, 4.69) is 13.8 Å². The summed E-state index contributed by atoms with van der Waals surface area (Å²) in [6.07, 6.45) is 17.5. The van der Waals surface area contributed by atoms with Crippen LogP contribution in [0.5, 0.6) is 0 Å². The van der Waals surface area contributed by atoms with E-state index in [0.29, 0.717) is 0 Å². The van der Waals surface area contributed by atoms with Crippen LogP contribution in [0.4, 0.5) is 0 Å². The van der Waals surface area contributed by atoms with Crippen molar-refractivity contribution in [1.82, 2.24) is 0 Å². The first-order valence-corrected chi connectivity index (χ1v) is 8.68. The highest BCUT2D eigenvalue weighted by Gasteiger charge is 1.97. The molecule has 19 heavy (non-hydrogen) atoms. The molecular weight excluding hydrogens is 234 g/mol. The number of nitrogens with two attached hydrogens (primary N) is 1. The second kappa shape index (κ2) is 16.0. The summed E-state index contributed by atoms with van der Waals surface area (Å²) >= 11 is 0. The smallest absolute Gasteiger partial charge is 0.105 e. The lowest BCUT2D eigenvalue weighted by Gasteiger charge is -2.09. The van der Waals surface area contributed by atoms with Crippen LogP contribution in [0.2, 0.25) is 0 Å². The highest BCUT2D eigenvalue weighted by molar-refractivity contribution is 4.49. The molecule has 2 heteroatoms. The topological polar surface area (TPSA) is 35.2 Å². The van der Waals surface area contributed by atoms with Gasteiger partial charge >= 0.3 is 0 Å². The maximum absolute atomic E-state index is 5.69. The summed E-state index contributed by atoms with van der Waals surface area (Å²) in [6, 6.07) is 0. The van der Waals surface area contributed by atoms with Crippen molar-refractivity contribution in [3.8, 4) is 0 Å². The van der Waals surface area contributed by atoms with Crippen LogP contribution < -0.4 is 5.73 Å². The van der Waals surface area contributed by atoms with E-state index in [0.717, 1.165) is 13.0 Å². The van der Waals surface area contributed by atoms with Gasteiger partial charge in [-0.1, -0.05) is 84.5 Å². The number of ether oxygens (including phenoxy) is 1. The molecule has 116 valence electrons. The second-order valence-electron chi connectivity index (χ2n) is 5.71. The van der Waals surface area contributed by atoms with E-state index in [4.69, 9.17) is 10.5 Å². The molecule has 0 bridgehead atoms. The lowest BCUT2D eigenvalue weighted by atomic mass is 10.1. The SMILES string of the molecule is CCCCCCCCCCCCCCOC(N)CC. The third kappa shape index (κ3) is 15.9. The Bertz CT molecular complexity index is 161. The fourth-order valence-electron chi connectivity index (χ4n) is 2.30. The van der Waals surface area contributed by atoms with E-state index in [9.17, 15) is 0 Å². The van der Waals surface area contributed by atoms with Gasteiger partial charge in [-0.25, -0.2) is 0 Å². The average molecular weight is 271 g/mol. The Kier molecular flexibility index (Phi) is 15.9. The van der Waals surface area contributed by atoms with Gasteiger partial charge in [-0.2, -0.15) is 0 Å². The molecule has 0 radical (unpaired) electrons. The predicted octanol–water partition coefficient (Wildman–Crippen LogP) is 5.40. The monoisotopic (exact) mass is 271 g/mol. The van der Waals surface area contributed by atoms with Crippen LogP contribution in [0.25, 0.3) is 0 Å². The first-order valence-electron chi connectivity index (χ1n) is 8.68. The van der Waals surface area contributed by atoms with Crippen LogP contribution in [0.1, 0.15) is 97.3 Å². The van der Waals surface area contributed by atoms with Gasteiger partial charge in [0.15, 0.2) is 0 Å². The fourth-order valence-corrected chi connectivity index (χ4v) is 2.30. The van der Waals surface area contributed by atoms with Crippen molar-refractivity contribution in [2.75, 3.05) is 6.61 Å². The minimum Gasteiger partial charge on any atom is -0.364 e. The van der Waals surface area contributed by atoms with E-state index < -0.39 is 0 Å². The summed E-state index contributed by atoms with van der Waals surface area (Å²) in [5.74, 6) is 0. The van der Waals surface area contributed by atoms with Gasteiger partial charge in [0.1, 0.15) is 6.23 Å². The van der Waals surface area contributed by atoms with Crippen LogP contribution in [0.3, 0.4) is 0 Å². The maximum Gasteiger partial charge on any atom is 0.105 e. The molecule has 0 aliphatic rings. The summed E-state index contributed by atoms with van der Waals surface area (Å²) in [5, 5.41) is 0. The van der Waals surface area contributed by atoms with Gasteiger partial charge in [-0.15, -0.1) is 0 Å². The van der Waals surface area contributed by atoms with Crippen molar-refractivity contribution < 1.29 is 4.74 Å². The van der Waals surface area contributed by atoms with Crippen molar-refractivity contribution >= 4 is 0 Å². The molecule has 1 atom stereocenters. The van der Waals surface area contributed by atoms with Crippen LogP contribution >= 0.6 is 0 Å². The molecule has 2 N–H and O–H groups in total. The molecule has 0 saturated carbocycles. The lowest BCUT2D eigenvalue weighted by Crippen LogP contribution is -2.22. The average Bonchev–Trinajstić information content (AvgIpc) is 2.43. The number of hydrogen-bond acceptors (Lipinski definition) is 2. The molecule has 0 heterocycles. The second-order valence-corrected chi connectivity index (χ2v) is 5.71. The molecule has 2 nitrogen and oxygen atoms in total. The highest BCUT2D eigenvalue weighted by atomic mass is 16.5. The minimum absolute atomic E-state index is 0.0484. The molecule has 0 amide bonds. The third-order valence-corrected chi connectivity index (χ3v) is 3.73. The summed E-state index contributed by atoms with van der Waals surface area (Å²) in [5.41, 5.74) is 5.69. The first kappa shape index (κ1) is 18.9. The highest BCUT2D eigenvalue weighted by Crippen LogP contribution is 2.11. The van der Waals surface area contributed by atoms with Gasteiger partial charge in [0, 0.05) is 6.61 Å². The Morgan fingerprint density at radius 3 is 1.53 bits per heavy atom. The molecule has 0 aromatic rings. The lowest BCUT2D eigenvalue weighted by molar-refractivity contribution is 0.0526. The predicted molar refractivity (Wildman–Crippen MR) is 85.3 cm³/mol. The van der Waals surface area contributed by atoms with Crippen molar-refractivity contribution in [2.24, 2.45) is 5.73 Å².